The van der Waals surface area contributed by atoms with E-state index in [9.17, 15) is 10.1 Å². The molecule has 0 bridgehead atoms. The van der Waals surface area contributed by atoms with E-state index in [0.717, 1.165) is 55.7 Å². The second-order valence-electron chi connectivity index (χ2n) is 8.45. The fourth-order valence-electron chi connectivity index (χ4n) is 4.71. The zero-order chi connectivity index (χ0) is 22.4. The molecule has 5 nitrogen and oxygen atoms in total. The molecule has 1 atom stereocenters. The molecule has 5 heteroatoms. The van der Waals surface area contributed by atoms with Crippen molar-refractivity contribution in [2.24, 2.45) is 0 Å². The Morgan fingerprint density at radius 3 is 2.47 bits per heavy atom. The van der Waals surface area contributed by atoms with Crippen LogP contribution in [0.2, 0.25) is 0 Å². The zero-order valence-electron chi connectivity index (χ0n) is 18.3. The molecule has 160 valence electrons. The van der Waals surface area contributed by atoms with Gasteiger partial charge in [-0.1, -0.05) is 53.6 Å². The Morgan fingerprint density at radius 1 is 1.00 bits per heavy atom. The normalized spacial score (nSPS) is 15.0. The van der Waals surface area contributed by atoms with Crippen LogP contribution in [0.4, 0.5) is 0 Å². The largest absolute Gasteiger partial charge is 0.497 e. The molecule has 0 aliphatic heterocycles. The number of H-pyrrole nitrogens is 1. The van der Waals surface area contributed by atoms with Crippen LogP contribution in [0, 0.1) is 24.0 Å². The highest BCUT2D eigenvalue weighted by Gasteiger charge is 2.32. The second kappa shape index (κ2) is 7.68. The summed E-state index contributed by atoms with van der Waals surface area (Å²) < 4.78 is 5.48. The molecule has 0 saturated heterocycles. The first kappa shape index (κ1) is 20.1. The molecular formula is C27H24N2O3. The molecule has 1 unspecified atom stereocenters. The Labute approximate surface area is 186 Å². The number of fused-ring (bicyclic) bond motifs is 4. The van der Waals surface area contributed by atoms with Crippen molar-refractivity contribution in [3.8, 4) is 5.75 Å². The number of rotatable bonds is 4. The number of hydrogen-bond acceptors (Lipinski definition) is 3. The van der Waals surface area contributed by atoms with E-state index in [4.69, 9.17) is 4.74 Å². The molecule has 0 radical (unpaired) electrons. The first-order valence-electron chi connectivity index (χ1n) is 10.7. The van der Waals surface area contributed by atoms with E-state index in [-0.39, 0.29) is 17.4 Å². The van der Waals surface area contributed by atoms with E-state index < -0.39 is 0 Å². The van der Waals surface area contributed by atoms with Crippen molar-refractivity contribution in [2.75, 3.05) is 13.7 Å². The average molecular weight is 425 g/mol. The van der Waals surface area contributed by atoms with Crippen LogP contribution in [0.15, 0.2) is 60.7 Å². The van der Waals surface area contributed by atoms with E-state index in [1.807, 2.05) is 37.3 Å². The van der Waals surface area contributed by atoms with Crippen LogP contribution in [0.5, 0.6) is 5.75 Å². The van der Waals surface area contributed by atoms with E-state index in [1.54, 1.807) is 7.11 Å². The third-order valence-corrected chi connectivity index (χ3v) is 6.28. The first-order chi connectivity index (χ1) is 15.4. The monoisotopic (exact) mass is 424 g/mol. The van der Waals surface area contributed by atoms with Crippen molar-refractivity contribution < 1.29 is 9.66 Å². The topological polar surface area (TPSA) is 68.2 Å². The summed E-state index contributed by atoms with van der Waals surface area (Å²) in [6, 6.07) is 20.5. The van der Waals surface area contributed by atoms with E-state index in [2.05, 4.69) is 48.3 Å². The predicted octanol–water partition coefficient (Wildman–Crippen LogP) is 6.10. The van der Waals surface area contributed by atoms with Gasteiger partial charge in [0.05, 0.1) is 18.7 Å². The molecule has 1 heterocycles. The van der Waals surface area contributed by atoms with E-state index >= 15 is 0 Å². The molecule has 3 aromatic carbocycles. The molecule has 5 rings (SSSR count). The van der Waals surface area contributed by atoms with Gasteiger partial charge in [0.25, 0.3) is 0 Å². The molecule has 1 aliphatic carbocycles. The summed E-state index contributed by atoms with van der Waals surface area (Å²) >= 11 is 0. The number of nitro groups is 1. The maximum atomic E-state index is 11.8. The highest BCUT2D eigenvalue weighted by Crippen LogP contribution is 2.44. The summed E-state index contributed by atoms with van der Waals surface area (Å²) in [6.45, 7) is 3.94. The summed E-state index contributed by atoms with van der Waals surface area (Å²) in [5.74, 6) is 0.351. The quantitative estimate of drug-likeness (QED) is 0.318. The number of methoxy groups -OCH3 is 1. The van der Waals surface area contributed by atoms with Gasteiger partial charge in [0, 0.05) is 21.4 Å². The highest BCUT2D eigenvalue weighted by molar-refractivity contribution is 6.00. The molecule has 1 aromatic heterocycles. The van der Waals surface area contributed by atoms with Crippen molar-refractivity contribution >= 4 is 22.6 Å². The Bertz CT molecular complexity index is 1380. The van der Waals surface area contributed by atoms with Gasteiger partial charge < -0.3 is 9.72 Å². The maximum absolute atomic E-state index is 11.8. The number of ether oxygens (including phenoxy) is 1. The minimum absolute atomic E-state index is 0.178. The van der Waals surface area contributed by atoms with Gasteiger partial charge in [-0.15, -0.1) is 0 Å². The van der Waals surface area contributed by atoms with Crippen molar-refractivity contribution in [2.45, 2.75) is 19.8 Å². The van der Waals surface area contributed by atoms with Crippen LogP contribution in [0.25, 0.3) is 22.6 Å². The molecule has 1 aliphatic rings. The third-order valence-electron chi connectivity index (χ3n) is 6.28. The molecule has 0 fully saturated rings. The smallest absolute Gasteiger partial charge is 0.214 e. The van der Waals surface area contributed by atoms with Crippen molar-refractivity contribution in [1.82, 2.24) is 4.98 Å². The average Bonchev–Trinajstić information content (AvgIpc) is 3.09. The summed E-state index contributed by atoms with van der Waals surface area (Å²) in [4.78, 5) is 15.2. The van der Waals surface area contributed by atoms with Gasteiger partial charge in [-0.3, -0.25) is 10.1 Å². The van der Waals surface area contributed by atoms with Crippen molar-refractivity contribution in [1.29, 1.82) is 0 Å². The fourth-order valence-corrected chi connectivity index (χ4v) is 4.71. The number of aryl methyl sites for hydroxylation is 2. The Kier molecular flexibility index (Phi) is 4.82. The van der Waals surface area contributed by atoms with Gasteiger partial charge in [0.2, 0.25) is 6.54 Å². The zero-order valence-corrected chi connectivity index (χ0v) is 18.3. The fraction of sp³-hybridized carbons (Fsp3) is 0.185. The van der Waals surface area contributed by atoms with Crippen LogP contribution in [0.3, 0.4) is 0 Å². The SMILES string of the molecule is COc1ccc2[nH]c3c(c2c1)C(C[N+](=O)[O-])c1ccc(C)cc1C=C3c1ccc(C)cc1. The highest BCUT2D eigenvalue weighted by atomic mass is 16.6. The first-order valence-corrected chi connectivity index (χ1v) is 10.7. The lowest BCUT2D eigenvalue weighted by molar-refractivity contribution is -0.481. The van der Waals surface area contributed by atoms with Gasteiger partial charge in [-0.05, 0) is 60.4 Å². The molecule has 0 saturated carbocycles. The predicted molar refractivity (Wildman–Crippen MR) is 128 cm³/mol. The summed E-state index contributed by atoms with van der Waals surface area (Å²) in [7, 11) is 1.64. The molecule has 1 N–H and O–H groups in total. The number of aromatic nitrogens is 1. The Hall–Kier alpha value is -3.86. The minimum atomic E-state index is -0.379. The van der Waals surface area contributed by atoms with Gasteiger partial charge in [0.15, 0.2) is 0 Å². The number of benzene rings is 3. The van der Waals surface area contributed by atoms with Gasteiger partial charge >= 0.3 is 0 Å². The lowest BCUT2D eigenvalue weighted by Gasteiger charge is -2.16. The van der Waals surface area contributed by atoms with Crippen LogP contribution < -0.4 is 4.74 Å². The van der Waals surface area contributed by atoms with Crippen LogP contribution in [-0.4, -0.2) is 23.6 Å². The molecule has 4 aromatic rings. The minimum Gasteiger partial charge on any atom is -0.497 e. The number of nitrogens with zero attached hydrogens (tertiary/aromatic N) is 1. The van der Waals surface area contributed by atoms with E-state index in [1.165, 1.54) is 5.56 Å². The van der Waals surface area contributed by atoms with Gasteiger partial charge in [-0.25, -0.2) is 0 Å². The Morgan fingerprint density at radius 2 is 1.75 bits per heavy atom. The molecular weight excluding hydrogens is 400 g/mol. The Balaban J connectivity index is 1.88. The molecule has 0 amide bonds. The summed E-state index contributed by atoms with van der Waals surface area (Å²) in [6.07, 6.45) is 2.17. The van der Waals surface area contributed by atoms with Gasteiger partial charge in [-0.2, -0.15) is 0 Å². The maximum Gasteiger partial charge on any atom is 0.214 e. The van der Waals surface area contributed by atoms with E-state index in [0.29, 0.717) is 0 Å². The number of hydrogen-bond donors (Lipinski definition) is 1. The standard InChI is InChI=1S/C27H24N2O3/c1-16-4-7-18(8-5-16)22-13-19-12-17(2)6-10-21(19)24(15-29(30)31)26-23-14-20(32-3)9-11-25(23)28-27(22)26/h4-14,24,28H,15H2,1-3H3. The lowest BCUT2D eigenvalue weighted by Crippen LogP contribution is -2.15. The molecule has 0 spiro atoms. The molecule has 32 heavy (non-hydrogen) atoms. The van der Waals surface area contributed by atoms with Crippen LogP contribution in [-0.2, 0) is 0 Å². The van der Waals surface area contributed by atoms with Crippen molar-refractivity contribution in [3.63, 3.8) is 0 Å². The van der Waals surface area contributed by atoms with Gasteiger partial charge in [0.1, 0.15) is 5.75 Å². The summed E-state index contributed by atoms with van der Waals surface area (Å²) in [5.41, 5.74) is 9.23. The third kappa shape index (κ3) is 3.36. The number of aromatic amines is 1. The number of nitrogens with one attached hydrogen (secondary N) is 1. The van der Waals surface area contributed by atoms with Crippen LogP contribution >= 0.6 is 0 Å². The lowest BCUT2D eigenvalue weighted by atomic mass is 9.87. The second-order valence-corrected chi connectivity index (χ2v) is 8.45. The van der Waals surface area contributed by atoms with Crippen molar-refractivity contribution in [3.05, 3.63) is 110 Å². The summed E-state index contributed by atoms with van der Waals surface area (Å²) in [5, 5.41) is 12.7. The van der Waals surface area contributed by atoms with Crippen LogP contribution in [0.1, 0.15) is 45.0 Å².